The van der Waals surface area contributed by atoms with Gasteiger partial charge in [0.15, 0.2) is 9.84 Å². The zero-order valence-corrected chi connectivity index (χ0v) is 10.7. The number of hydrogen-bond donors (Lipinski definition) is 1. The molecule has 1 unspecified atom stereocenters. The molecule has 0 aromatic rings. The van der Waals surface area contributed by atoms with Gasteiger partial charge < -0.3 is 0 Å². The maximum Gasteiger partial charge on any atom is 0.152 e. The summed E-state index contributed by atoms with van der Waals surface area (Å²) < 4.78 is 22.9. The van der Waals surface area contributed by atoms with E-state index in [1.165, 1.54) is 0 Å². The van der Waals surface area contributed by atoms with E-state index in [4.69, 9.17) is 0 Å². The molecule has 0 saturated carbocycles. The number of thiol groups is 1. The molecular weight excluding hydrogens is 244 g/mol. The predicted molar refractivity (Wildman–Crippen MR) is 66.1 cm³/mol. The Morgan fingerprint density at radius 3 is 2.69 bits per heavy atom. The molecule has 0 bridgehead atoms. The van der Waals surface area contributed by atoms with Crippen molar-refractivity contribution in [2.45, 2.75) is 5.25 Å². The quantitative estimate of drug-likeness (QED) is 0.768. The number of sulfone groups is 1. The van der Waals surface area contributed by atoms with Gasteiger partial charge in [0.2, 0.25) is 0 Å². The van der Waals surface area contributed by atoms with Crippen LogP contribution in [0.3, 0.4) is 0 Å². The van der Waals surface area contributed by atoms with Crippen LogP contribution in [0.1, 0.15) is 0 Å². The van der Waals surface area contributed by atoms with Gasteiger partial charge in [-0.15, -0.1) is 0 Å². The molecular formula is C7H14O2S4. The minimum Gasteiger partial charge on any atom is -0.229 e. The molecule has 0 aliphatic carbocycles. The molecule has 78 valence electrons. The van der Waals surface area contributed by atoms with Crippen molar-refractivity contribution in [3.63, 3.8) is 0 Å². The molecule has 13 heavy (non-hydrogen) atoms. The molecule has 0 amide bonds. The van der Waals surface area contributed by atoms with Gasteiger partial charge in [-0.3, -0.25) is 0 Å². The van der Waals surface area contributed by atoms with E-state index in [0.717, 1.165) is 17.3 Å². The maximum atomic E-state index is 11.4. The third-order valence-corrected chi connectivity index (χ3v) is 7.05. The Labute approximate surface area is 93.9 Å². The van der Waals surface area contributed by atoms with Crippen LogP contribution < -0.4 is 0 Å². The first kappa shape index (κ1) is 12.1. The van der Waals surface area contributed by atoms with Crippen LogP contribution in [0.2, 0.25) is 0 Å². The largest absolute Gasteiger partial charge is 0.229 e. The number of hydrogen-bond acceptors (Lipinski definition) is 5. The van der Waals surface area contributed by atoms with Crippen LogP contribution in [-0.4, -0.2) is 48.2 Å². The van der Waals surface area contributed by atoms with Crippen molar-refractivity contribution < 1.29 is 8.42 Å². The summed E-state index contributed by atoms with van der Waals surface area (Å²) in [4.78, 5) is 0. The predicted octanol–water partition coefficient (Wildman–Crippen LogP) is 1.18. The Bertz CT molecular complexity index is 231. The Hall–Kier alpha value is 1.000. The summed E-state index contributed by atoms with van der Waals surface area (Å²) in [5.41, 5.74) is 0. The van der Waals surface area contributed by atoms with Crippen molar-refractivity contribution in [2.24, 2.45) is 0 Å². The van der Waals surface area contributed by atoms with Crippen LogP contribution in [-0.2, 0) is 9.84 Å². The van der Waals surface area contributed by atoms with Crippen LogP contribution >= 0.6 is 36.2 Å². The van der Waals surface area contributed by atoms with Gasteiger partial charge in [-0.1, -0.05) is 0 Å². The Balaban J connectivity index is 2.37. The first-order chi connectivity index (χ1) is 6.14. The average molecular weight is 258 g/mol. The minimum absolute atomic E-state index is 0.220. The first-order valence-corrected chi connectivity index (χ1v) is 8.80. The van der Waals surface area contributed by atoms with Gasteiger partial charge in [-0.25, -0.2) is 8.42 Å². The molecule has 0 aromatic carbocycles. The molecule has 1 heterocycles. The van der Waals surface area contributed by atoms with Gasteiger partial charge >= 0.3 is 0 Å². The van der Waals surface area contributed by atoms with Crippen LogP contribution in [0.5, 0.6) is 0 Å². The van der Waals surface area contributed by atoms with Crippen molar-refractivity contribution in [3.05, 3.63) is 0 Å². The summed E-state index contributed by atoms with van der Waals surface area (Å²) in [5.74, 6) is 4.23. The number of rotatable bonds is 4. The summed E-state index contributed by atoms with van der Waals surface area (Å²) in [5, 5.41) is 0.309. The van der Waals surface area contributed by atoms with E-state index in [1.54, 1.807) is 11.8 Å². The first-order valence-electron chi connectivity index (χ1n) is 4.15. The second-order valence-corrected chi connectivity index (χ2v) is 8.14. The van der Waals surface area contributed by atoms with E-state index < -0.39 is 9.84 Å². The minimum atomic E-state index is -2.84. The lowest BCUT2D eigenvalue weighted by Gasteiger charge is -2.20. The van der Waals surface area contributed by atoms with Crippen LogP contribution in [0.4, 0.5) is 0 Å². The van der Waals surface area contributed by atoms with Crippen LogP contribution in [0.15, 0.2) is 0 Å². The Morgan fingerprint density at radius 1 is 1.38 bits per heavy atom. The third-order valence-electron chi connectivity index (χ3n) is 1.73. The van der Waals surface area contributed by atoms with E-state index in [1.807, 2.05) is 11.8 Å². The Morgan fingerprint density at radius 2 is 2.15 bits per heavy atom. The number of thioether (sulfide) groups is 2. The molecule has 1 fully saturated rings. The highest BCUT2D eigenvalue weighted by atomic mass is 32.2. The van der Waals surface area contributed by atoms with Crippen molar-refractivity contribution in [1.82, 2.24) is 0 Å². The SMILES string of the molecule is O=S(=O)(CCS)CC1CSCCS1. The molecule has 6 heteroatoms. The van der Waals surface area contributed by atoms with Crippen LogP contribution in [0, 0.1) is 0 Å². The summed E-state index contributed by atoms with van der Waals surface area (Å²) >= 11 is 7.59. The van der Waals surface area contributed by atoms with Crippen LogP contribution in [0.25, 0.3) is 0 Å². The van der Waals surface area contributed by atoms with Gasteiger partial charge in [-0.05, 0) is 0 Å². The second kappa shape index (κ2) is 5.78. The van der Waals surface area contributed by atoms with Gasteiger partial charge in [0.05, 0.1) is 11.5 Å². The summed E-state index contributed by atoms with van der Waals surface area (Å²) in [7, 11) is -2.84. The van der Waals surface area contributed by atoms with E-state index in [2.05, 4.69) is 12.6 Å². The summed E-state index contributed by atoms with van der Waals surface area (Å²) in [6.45, 7) is 0. The molecule has 2 nitrogen and oxygen atoms in total. The van der Waals surface area contributed by atoms with Crippen molar-refractivity contribution in [1.29, 1.82) is 0 Å². The lowest BCUT2D eigenvalue weighted by atomic mass is 10.5. The highest BCUT2D eigenvalue weighted by Gasteiger charge is 2.21. The van der Waals surface area contributed by atoms with Gasteiger partial charge in [-0.2, -0.15) is 36.2 Å². The fourth-order valence-electron chi connectivity index (χ4n) is 1.14. The lowest BCUT2D eigenvalue weighted by molar-refractivity contribution is 0.597. The fraction of sp³-hybridized carbons (Fsp3) is 1.00. The van der Waals surface area contributed by atoms with Gasteiger partial charge in [0, 0.05) is 28.3 Å². The zero-order valence-electron chi connectivity index (χ0n) is 7.31. The fourth-order valence-corrected chi connectivity index (χ4v) is 6.67. The van der Waals surface area contributed by atoms with E-state index in [0.29, 0.717) is 16.8 Å². The molecule has 1 rings (SSSR count). The van der Waals surface area contributed by atoms with Gasteiger partial charge in [0.1, 0.15) is 0 Å². The molecule has 0 N–H and O–H groups in total. The second-order valence-electron chi connectivity index (χ2n) is 2.91. The topological polar surface area (TPSA) is 34.1 Å². The molecule has 0 spiro atoms. The van der Waals surface area contributed by atoms with E-state index >= 15 is 0 Å². The standard InChI is InChI=1S/C7H14O2S4/c8-13(9,4-1-10)6-7-5-11-2-3-12-7/h7,10H,1-6H2. The lowest BCUT2D eigenvalue weighted by Crippen LogP contribution is -2.26. The smallest absolute Gasteiger partial charge is 0.152 e. The summed E-state index contributed by atoms with van der Waals surface area (Å²) in [6.07, 6.45) is 0. The maximum absolute atomic E-state index is 11.4. The molecule has 1 aliphatic heterocycles. The van der Waals surface area contributed by atoms with E-state index in [-0.39, 0.29) is 5.75 Å². The molecule has 1 atom stereocenters. The zero-order chi connectivity index (χ0) is 9.73. The van der Waals surface area contributed by atoms with Crippen molar-refractivity contribution in [2.75, 3.05) is 34.5 Å². The third kappa shape index (κ3) is 4.85. The highest BCUT2D eigenvalue weighted by Crippen LogP contribution is 2.25. The average Bonchev–Trinajstić information content (AvgIpc) is 2.04. The molecule has 1 saturated heterocycles. The molecule has 0 aromatic heterocycles. The van der Waals surface area contributed by atoms with Gasteiger partial charge in [0.25, 0.3) is 0 Å². The monoisotopic (exact) mass is 258 g/mol. The molecule has 1 aliphatic rings. The van der Waals surface area contributed by atoms with E-state index in [9.17, 15) is 8.42 Å². The summed E-state index contributed by atoms with van der Waals surface area (Å²) in [6, 6.07) is 0. The highest BCUT2D eigenvalue weighted by molar-refractivity contribution is 8.07. The normalized spacial score (nSPS) is 24.5. The Kier molecular flexibility index (Phi) is 5.37. The van der Waals surface area contributed by atoms with Crippen molar-refractivity contribution >= 4 is 46.0 Å². The van der Waals surface area contributed by atoms with Crippen molar-refractivity contribution in [3.8, 4) is 0 Å². The molecule has 0 radical (unpaired) electrons.